The fraction of sp³-hybridized carbons (Fsp3) is 1.00. The molecule has 0 unspecified atom stereocenters. The van der Waals surface area contributed by atoms with E-state index < -0.39 is 5.60 Å². The van der Waals surface area contributed by atoms with Gasteiger partial charge in [0, 0.05) is 19.8 Å². The third-order valence-electron chi connectivity index (χ3n) is 3.52. The molecule has 1 aliphatic rings. The molecule has 0 saturated heterocycles. The summed E-state index contributed by atoms with van der Waals surface area (Å²) in [6.07, 6.45) is 8.97. The number of hydrogen-bond donors (Lipinski definition) is 2. The Morgan fingerprint density at radius 2 is 1.82 bits per heavy atom. The average Bonchev–Trinajstić information content (AvgIpc) is 2.33. The maximum atomic E-state index is 10.3. The van der Waals surface area contributed by atoms with E-state index in [0.29, 0.717) is 0 Å². The van der Waals surface area contributed by atoms with Gasteiger partial charge in [0.2, 0.25) is 0 Å². The summed E-state index contributed by atoms with van der Waals surface area (Å²) in [4.78, 5) is 0. The van der Waals surface area contributed by atoms with Gasteiger partial charge in [0.1, 0.15) is 0 Å². The Kier molecular flexibility index (Phi) is 7.82. The van der Waals surface area contributed by atoms with Gasteiger partial charge < -0.3 is 15.2 Å². The van der Waals surface area contributed by atoms with Crippen LogP contribution in [0.1, 0.15) is 58.3 Å². The minimum Gasteiger partial charge on any atom is -0.389 e. The predicted octanol–water partition coefficient (Wildman–Crippen LogP) is 2.48. The molecule has 1 rings (SSSR count). The Balaban J connectivity index is 1.89. The predicted molar refractivity (Wildman–Crippen MR) is 71.2 cm³/mol. The van der Waals surface area contributed by atoms with Gasteiger partial charge in [0.15, 0.2) is 0 Å². The van der Waals surface area contributed by atoms with E-state index in [2.05, 4.69) is 12.2 Å². The van der Waals surface area contributed by atoms with E-state index in [1.807, 2.05) is 0 Å². The molecule has 0 heterocycles. The topological polar surface area (TPSA) is 41.5 Å². The van der Waals surface area contributed by atoms with Gasteiger partial charge in [0.25, 0.3) is 0 Å². The Morgan fingerprint density at radius 1 is 1.12 bits per heavy atom. The molecule has 17 heavy (non-hydrogen) atoms. The van der Waals surface area contributed by atoms with E-state index in [1.165, 1.54) is 25.7 Å². The van der Waals surface area contributed by atoms with Crippen LogP contribution in [0.2, 0.25) is 0 Å². The zero-order valence-corrected chi connectivity index (χ0v) is 11.3. The van der Waals surface area contributed by atoms with Crippen molar-refractivity contribution in [2.45, 2.75) is 63.9 Å². The van der Waals surface area contributed by atoms with Crippen molar-refractivity contribution in [2.75, 3.05) is 26.3 Å². The molecule has 3 nitrogen and oxygen atoms in total. The van der Waals surface area contributed by atoms with E-state index in [9.17, 15) is 5.11 Å². The van der Waals surface area contributed by atoms with Gasteiger partial charge in [-0.05, 0) is 32.2 Å². The third kappa shape index (κ3) is 7.02. The third-order valence-corrected chi connectivity index (χ3v) is 3.52. The van der Waals surface area contributed by atoms with Crippen molar-refractivity contribution >= 4 is 0 Å². The van der Waals surface area contributed by atoms with E-state index in [4.69, 9.17) is 4.74 Å². The summed E-state index contributed by atoms with van der Waals surface area (Å²) in [6, 6.07) is 0. The molecule has 0 spiro atoms. The van der Waals surface area contributed by atoms with Crippen molar-refractivity contribution < 1.29 is 9.84 Å². The van der Waals surface area contributed by atoms with Gasteiger partial charge in [-0.25, -0.2) is 0 Å². The fourth-order valence-corrected chi connectivity index (χ4v) is 2.36. The van der Waals surface area contributed by atoms with Crippen LogP contribution in [0.25, 0.3) is 0 Å². The van der Waals surface area contributed by atoms with Gasteiger partial charge in [-0.15, -0.1) is 0 Å². The second-order valence-corrected chi connectivity index (χ2v) is 5.28. The Morgan fingerprint density at radius 3 is 2.53 bits per heavy atom. The molecule has 1 saturated carbocycles. The fourth-order valence-electron chi connectivity index (χ4n) is 2.36. The van der Waals surface area contributed by atoms with Gasteiger partial charge >= 0.3 is 0 Å². The van der Waals surface area contributed by atoms with Gasteiger partial charge in [0.05, 0.1) is 5.60 Å². The Hall–Kier alpha value is -0.120. The number of rotatable bonds is 9. The zero-order chi connectivity index (χ0) is 12.4. The van der Waals surface area contributed by atoms with Crippen molar-refractivity contribution in [3.05, 3.63) is 0 Å². The smallest absolute Gasteiger partial charge is 0.0771 e. The van der Waals surface area contributed by atoms with Crippen LogP contribution in [0.15, 0.2) is 0 Å². The summed E-state index contributed by atoms with van der Waals surface area (Å²) in [5.74, 6) is 0. The molecule has 0 atom stereocenters. The first-order valence-corrected chi connectivity index (χ1v) is 7.28. The monoisotopic (exact) mass is 243 g/mol. The summed E-state index contributed by atoms with van der Waals surface area (Å²) in [5, 5.41) is 13.6. The maximum absolute atomic E-state index is 10.3. The summed E-state index contributed by atoms with van der Waals surface area (Å²) < 4.78 is 5.49. The molecule has 0 radical (unpaired) electrons. The highest BCUT2D eigenvalue weighted by atomic mass is 16.5. The standard InChI is InChI=1S/C14H29NO2/c1-2-3-11-17-12-7-10-15-13-14(16)8-5-4-6-9-14/h15-16H,2-13H2,1H3. The summed E-state index contributed by atoms with van der Waals surface area (Å²) >= 11 is 0. The van der Waals surface area contributed by atoms with Crippen LogP contribution in [0.5, 0.6) is 0 Å². The first-order chi connectivity index (χ1) is 8.27. The lowest BCUT2D eigenvalue weighted by Crippen LogP contribution is -2.42. The largest absolute Gasteiger partial charge is 0.389 e. The second-order valence-electron chi connectivity index (χ2n) is 5.28. The summed E-state index contributed by atoms with van der Waals surface area (Å²) in [7, 11) is 0. The normalized spacial score (nSPS) is 19.4. The number of aliphatic hydroxyl groups is 1. The van der Waals surface area contributed by atoms with Crippen LogP contribution in [-0.2, 0) is 4.74 Å². The van der Waals surface area contributed by atoms with E-state index in [-0.39, 0.29) is 0 Å². The Labute approximate surface area is 106 Å². The summed E-state index contributed by atoms with van der Waals surface area (Å²) in [6.45, 7) is 5.61. The molecule has 0 aromatic heterocycles. The number of nitrogens with one attached hydrogen (secondary N) is 1. The second kappa shape index (κ2) is 8.90. The van der Waals surface area contributed by atoms with Crippen molar-refractivity contribution in [3.8, 4) is 0 Å². The molecule has 0 amide bonds. The molecule has 2 N–H and O–H groups in total. The Bertz CT molecular complexity index is 179. The maximum Gasteiger partial charge on any atom is 0.0771 e. The van der Waals surface area contributed by atoms with Crippen molar-refractivity contribution in [2.24, 2.45) is 0 Å². The molecule has 0 aliphatic heterocycles. The number of ether oxygens (including phenoxy) is 1. The van der Waals surface area contributed by atoms with Crippen LogP contribution in [0, 0.1) is 0 Å². The lowest BCUT2D eigenvalue weighted by Gasteiger charge is -2.32. The SMILES string of the molecule is CCCCOCCCNCC1(O)CCCCC1. The van der Waals surface area contributed by atoms with Crippen LogP contribution >= 0.6 is 0 Å². The average molecular weight is 243 g/mol. The van der Waals surface area contributed by atoms with E-state index in [1.54, 1.807) is 0 Å². The molecular weight excluding hydrogens is 214 g/mol. The van der Waals surface area contributed by atoms with Gasteiger partial charge in [-0.2, -0.15) is 0 Å². The van der Waals surface area contributed by atoms with Crippen molar-refractivity contribution in [3.63, 3.8) is 0 Å². The van der Waals surface area contributed by atoms with E-state index >= 15 is 0 Å². The molecule has 0 aromatic rings. The molecule has 1 fully saturated rings. The highest BCUT2D eigenvalue weighted by Gasteiger charge is 2.28. The molecule has 102 valence electrons. The minimum atomic E-state index is -0.429. The molecule has 3 heteroatoms. The lowest BCUT2D eigenvalue weighted by atomic mass is 9.85. The summed E-state index contributed by atoms with van der Waals surface area (Å²) in [5.41, 5.74) is -0.429. The molecule has 0 bridgehead atoms. The van der Waals surface area contributed by atoms with E-state index in [0.717, 1.165) is 52.0 Å². The van der Waals surface area contributed by atoms with Crippen LogP contribution in [0.3, 0.4) is 0 Å². The van der Waals surface area contributed by atoms with Crippen molar-refractivity contribution in [1.29, 1.82) is 0 Å². The first-order valence-electron chi connectivity index (χ1n) is 7.28. The minimum absolute atomic E-state index is 0.429. The quantitative estimate of drug-likeness (QED) is 0.611. The highest BCUT2D eigenvalue weighted by Crippen LogP contribution is 2.27. The van der Waals surface area contributed by atoms with Gasteiger partial charge in [-0.1, -0.05) is 32.6 Å². The van der Waals surface area contributed by atoms with Crippen LogP contribution < -0.4 is 5.32 Å². The first kappa shape index (κ1) is 14.9. The van der Waals surface area contributed by atoms with Gasteiger partial charge in [-0.3, -0.25) is 0 Å². The molecule has 0 aromatic carbocycles. The molecule has 1 aliphatic carbocycles. The lowest BCUT2D eigenvalue weighted by molar-refractivity contribution is 0.00457. The zero-order valence-electron chi connectivity index (χ0n) is 11.3. The van der Waals surface area contributed by atoms with Crippen molar-refractivity contribution in [1.82, 2.24) is 5.32 Å². The number of hydrogen-bond acceptors (Lipinski definition) is 3. The van der Waals surface area contributed by atoms with Crippen LogP contribution in [-0.4, -0.2) is 37.0 Å². The number of unbranched alkanes of at least 4 members (excludes halogenated alkanes) is 1. The molecular formula is C14H29NO2. The van der Waals surface area contributed by atoms with Crippen LogP contribution in [0.4, 0.5) is 0 Å². The highest BCUT2D eigenvalue weighted by molar-refractivity contribution is 4.84.